The molecule has 0 bridgehead atoms. The van der Waals surface area contributed by atoms with Gasteiger partial charge < -0.3 is 16.4 Å². The molecule has 1 aromatic rings. The second-order valence-corrected chi connectivity index (χ2v) is 8.49. The highest BCUT2D eigenvalue weighted by Crippen LogP contribution is 2.58. The predicted molar refractivity (Wildman–Crippen MR) is 119 cm³/mol. The van der Waals surface area contributed by atoms with E-state index in [0.29, 0.717) is 6.54 Å². The number of nitrogens with zero attached hydrogens (tertiary/aromatic N) is 1. The molecule has 4 N–H and O–H groups in total. The molecule has 0 aromatic heterocycles. The van der Waals surface area contributed by atoms with Gasteiger partial charge in [0.1, 0.15) is 0 Å². The van der Waals surface area contributed by atoms with Crippen molar-refractivity contribution in [3.63, 3.8) is 0 Å². The smallest absolute Gasteiger partial charge is 0.228 e. The lowest BCUT2D eigenvalue weighted by atomic mass is 9.91. The molecular weight excluding hydrogens is 411 g/mol. The Morgan fingerprint density at radius 2 is 1.93 bits per heavy atom. The quantitative estimate of drug-likeness (QED) is 0.653. The molecule has 0 radical (unpaired) electrons. The van der Waals surface area contributed by atoms with Crippen molar-refractivity contribution < 1.29 is 9.59 Å². The van der Waals surface area contributed by atoms with E-state index < -0.39 is 0 Å². The van der Waals surface area contributed by atoms with Crippen molar-refractivity contribution in [3.8, 4) is 0 Å². The van der Waals surface area contributed by atoms with E-state index >= 15 is 0 Å². The summed E-state index contributed by atoms with van der Waals surface area (Å²) >= 11 is 0. The number of para-hydroxylation sites is 1. The average Bonchev–Trinajstić information content (AvgIpc) is 3.37. The summed E-state index contributed by atoms with van der Waals surface area (Å²) in [6.07, 6.45) is 5.10. The Hall–Kier alpha value is -1.34. The molecule has 1 aliphatic carbocycles. The highest BCUT2D eigenvalue weighted by atomic mass is 35.5. The number of nitrogens with one attached hydrogen (secondary N) is 2. The first-order valence-electron chi connectivity index (χ1n) is 10.2. The Morgan fingerprint density at radius 1 is 1.21 bits per heavy atom. The van der Waals surface area contributed by atoms with E-state index in [4.69, 9.17) is 5.73 Å². The maximum absolute atomic E-state index is 12.8. The third kappa shape index (κ3) is 5.43. The Kier molecular flexibility index (Phi) is 8.35. The van der Waals surface area contributed by atoms with Crippen LogP contribution in [-0.2, 0) is 16.1 Å². The minimum Gasteiger partial charge on any atom is -0.369 e. The number of nitrogens with two attached hydrogens (primary N) is 1. The van der Waals surface area contributed by atoms with Crippen molar-refractivity contribution in [2.45, 2.75) is 38.6 Å². The van der Waals surface area contributed by atoms with Gasteiger partial charge in [0.25, 0.3) is 0 Å². The number of amides is 2. The monoisotopic (exact) mass is 442 g/mol. The van der Waals surface area contributed by atoms with Gasteiger partial charge in [-0.05, 0) is 68.8 Å². The highest BCUT2D eigenvalue weighted by Gasteiger charge is 2.57. The molecule has 2 amide bonds. The molecule has 3 aliphatic rings. The third-order valence-corrected chi connectivity index (χ3v) is 6.68. The Labute approximate surface area is 185 Å². The Morgan fingerprint density at radius 3 is 2.66 bits per heavy atom. The molecule has 1 saturated carbocycles. The number of carbonyl (C=O) groups is 2. The van der Waals surface area contributed by atoms with Gasteiger partial charge in [-0.15, -0.1) is 24.8 Å². The van der Waals surface area contributed by atoms with Gasteiger partial charge in [0.05, 0.1) is 5.92 Å². The zero-order valence-electron chi connectivity index (χ0n) is 16.7. The van der Waals surface area contributed by atoms with E-state index in [1.165, 1.54) is 0 Å². The second-order valence-electron chi connectivity index (χ2n) is 8.49. The van der Waals surface area contributed by atoms with Gasteiger partial charge in [0.2, 0.25) is 11.8 Å². The predicted octanol–water partition coefficient (Wildman–Crippen LogP) is 2.56. The van der Waals surface area contributed by atoms with Crippen molar-refractivity contribution >= 4 is 42.3 Å². The van der Waals surface area contributed by atoms with Crippen LogP contribution in [0.5, 0.6) is 0 Å². The molecule has 162 valence electrons. The molecule has 29 heavy (non-hydrogen) atoms. The van der Waals surface area contributed by atoms with Crippen LogP contribution >= 0.6 is 24.8 Å². The summed E-state index contributed by atoms with van der Waals surface area (Å²) in [7, 11) is 0. The lowest BCUT2D eigenvalue weighted by Crippen LogP contribution is -2.40. The molecule has 2 unspecified atom stereocenters. The van der Waals surface area contributed by atoms with Crippen LogP contribution < -0.4 is 16.4 Å². The Bertz CT molecular complexity index is 724. The molecule has 2 heterocycles. The summed E-state index contributed by atoms with van der Waals surface area (Å²) in [5.74, 6) is 0.0499. The van der Waals surface area contributed by atoms with Gasteiger partial charge in [0.15, 0.2) is 0 Å². The van der Waals surface area contributed by atoms with Crippen LogP contribution in [0.2, 0.25) is 0 Å². The van der Waals surface area contributed by atoms with Crippen molar-refractivity contribution in [3.05, 3.63) is 29.8 Å². The molecule has 2 atom stereocenters. The van der Waals surface area contributed by atoms with Crippen LogP contribution in [-0.4, -0.2) is 42.9 Å². The number of hydrogen-bond acceptors (Lipinski definition) is 4. The van der Waals surface area contributed by atoms with Crippen LogP contribution in [0.1, 0.15) is 37.7 Å². The number of rotatable bonds is 5. The number of piperidine rings is 2. The number of benzene rings is 1. The van der Waals surface area contributed by atoms with E-state index in [9.17, 15) is 9.59 Å². The largest absolute Gasteiger partial charge is 0.369 e. The summed E-state index contributed by atoms with van der Waals surface area (Å²) in [6, 6.07) is 8.03. The lowest BCUT2D eigenvalue weighted by molar-refractivity contribution is -0.123. The third-order valence-electron chi connectivity index (χ3n) is 6.68. The molecule has 2 saturated heterocycles. The first-order valence-corrected chi connectivity index (χ1v) is 10.2. The lowest BCUT2D eigenvalue weighted by Gasteiger charge is -2.31. The van der Waals surface area contributed by atoms with Crippen LogP contribution in [0.25, 0.3) is 0 Å². The van der Waals surface area contributed by atoms with E-state index in [1.54, 1.807) is 0 Å². The average molecular weight is 443 g/mol. The fourth-order valence-electron chi connectivity index (χ4n) is 4.87. The fourth-order valence-corrected chi connectivity index (χ4v) is 4.87. The van der Waals surface area contributed by atoms with Gasteiger partial charge in [-0.3, -0.25) is 14.5 Å². The van der Waals surface area contributed by atoms with E-state index in [1.807, 2.05) is 18.2 Å². The van der Waals surface area contributed by atoms with E-state index in [0.717, 1.165) is 69.5 Å². The zero-order valence-corrected chi connectivity index (χ0v) is 18.3. The van der Waals surface area contributed by atoms with Crippen molar-refractivity contribution in [2.24, 2.45) is 23.0 Å². The van der Waals surface area contributed by atoms with Gasteiger partial charge in [-0.1, -0.05) is 18.2 Å². The van der Waals surface area contributed by atoms with Gasteiger partial charge >= 0.3 is 0 Å². The summed E-state index contributed by atoms with van der Waals surface area (Å²) in [5, 5.41) is 6.58. The Balaban J connectivity index is 0.00000150. The number of carbonyl (C=O) groups excluding carboxylic acids is 2. The highest BCUT2D eigenvalue weighted by molar-refractivity contribution is 5.95. The molecule has 1 spiro atoms. The minimum atomic E-state index is -0.206. The molecule has 3 fully saturated rings. The van der Waals surface area contributed by atoms with Gasteiger partial charge in [0, 0.05) is 24.7 Å². The number of hydrogen-bond donors (Lipinski definition) is 3. The standard InChI is InChI=1S/C21H30N4O2.2ClH/c22-19(26)16-5-3-11-25(14-16)13-15-4-1-2-6-18(15)24-20(27)17-12-21(17)7-9-23-10-8-21;;/h1-2,4,6,16-17,23H,3,5,7-14H2,(H2,22,26)(H,24,27);2*1H. The van der Waals surface area contributed by atoms with Gasteiger partial charge in [-0.2, -0.15) is 0 Å². The van der Waals surface area contributed by atoms with E-state index in [-0.39, 0.29) is 53.9 Å². The number of likely N-dealkylation sites (tertiary alicyclic amines) is 1. The van der Waals surface area contributed by atoms with Crippen molar-refractivity contribution in [2.75, 3.05) is 31.5 Å². The molecular formula is C21H32Cl2N4O2. The van der Waals surface area contributed by atoms with Crippen molar-refractivity contribution in [1.82, 2.24) is 10.2 Å². The van der Waals surface area contributed by atoms with Crippen LogP contribution in [0.4, 0.5) is 5.69 Å². The first kappa shape index (κ1) is 23.9. The van der Waals surface area contributed by atoms with Gasteiger partial charge in [-0.25, -0.2) is 0 Å². The molecule has 8 heteroatoms. The summed E-state index contributed by atoms with van der Waals surface area (Å²) in [5.41, 5.74) is 7.75. The van der Waals surface area contributed by atoms with Crippen LogP contribution in [0.15, 0.2) is 24.3 Å². The maximum atomic E-state index is 12.8. The molecule has 2 aliphatic heterocycles. The second kappa shape index (κ2) is 10.1. The first-order chi connectivity index (χ1) is 13.1. The maximum Gasteiger partial charge on any atom is 0.228 e. The number of halogens is 2. The minimum absolute atomic E-state index is 0. The zero-order chi connectivity index (χ0) is 18.9. The van der Waals surface area contributed by atoms with Crippen LogP contribution in [0.3, 0.4) is 0 Å². The van der Waals surface area contributed by atoms with E-state index in [2.05, 4.69) is 21.6 Å². The van der Waals surface area contributed by atoms with Crippen molar-refractivity contribution in [1.29, 1.82) is 0 Å². The summed E-state index contributed by atoms with van der Waals surface area (Å²) < 4.78 is 0. The molecule has 4 rings (SSSR count). The fraction of sp³-hybridized carbons (Fsp3) is 0.619. The normalized spacial score (nSPS) is 25.4. The number of primary amides is 1. The molecule has 6 nitrogen and oxygen atoms in total. The summed E-state index contributed by atoms with van der Waals surface area (Å²) in [6.45, 7) is 4.45. The topological polar surface area (TPSA) is 87.5 Å². The SMILES string of the molecule is Cl.Cl.NC(=O)C1CCCN(Cc2ccccc2NC(=O)C2CC23CCNCC3)C1. The van der Waals surface area contributed by atoms with Crippen LogP contribution in [0, 0.1) is 17.3 Å². The summed E-state index contributed by atoms with van der Waals surface area (Å²) in [4.78, 5) is 26.6. The number of anilines is 1. The molecule has 1 aromatic carbocycles.